The van der Waals surface area contributed by atoms with Gasteiger partial charge >= 0.3 is 0 Å². The molecule has 0 bridgehead atoms. The largest absolute Gasteiger partial charge is 0.377 e. The summed E-state index contributed by atoms with van der Waals surface area (Å²) >= 11 is 0. The molecule has 0 aromatic carbocycles. The van der Waals surface area contributed by atoms with Crippen molar-refractivity contribution < 1.29 is 4.74 Å². The first-order chi connectivity index (χ1) is 5.08. The van der Waals surface area contributed by atoms with Gasteiger partial charge in [0.15, 0.2) is 0 Å². The van der Waals surface area contributed by atoms with Crippen molar-refractivity contribution in [2.75, 3.05) is 13.2 Å². The van der Waals surface area contributed by atoms with Crippen LogP contribution in [0.3, 0.4) is 0 Å². The van der Waals surface area contributed by atoms with Gasteiger partial charge in [0.2, 0.25) is 0 Å². The smallest absolute Gasteiger partial charge is 0.0700 e. The molecule has 1 heterocycles. The number of ether oxygens (including phenoxy) is 1. The summed E-state index contributed by atoms with van der Waals surface area (Å²) in [6.07, 6.45) is 2.92. The van der Waals surface area contributed by atoms with Crippen molar-refractivity contribution in [3.05, 3.63) is 0 Å². The van der Waals surface area contributed by atoms with Crippen LogP contribution in [-0.2, 0) is 4.74 Å². The van der Waals surface area contributed by atoms with E-state index in [9.17, 15) is 0 Å². The molecule has 1 saturated heterocycles. The first-order valence-electron chi connectivity index (χ1n) is 4.44. The molecular formula is C9H19NO. The maximum absolute atomic E-state index is 5.49. The molecule has 0 unspecified atom stereocenters. The predicted molar refractivity (Wildman–Crippen MR) is 46.7 cm³/mol. The fourth-order valence-corrected chi connectivity index (χ4v) is 1.23. The number of rotatable bonds is 2. The summed E-state index contributed by atoms with van der Waals surface area (Å²) in [5.41, 5.74) is 0.228. The van der Waals surface area contributed by atoms with E-state index in [4.69, 9.17) is 4.74 Å². The highest BCUT2D eigenvalue weighted by atomic mass is 16.5. The Bertz CT molecular complexity index is 111. The van der Waals surface area contributed by atoms with E-state index in [1.165, 1.54) is 12.8 Å². The summed E-state index contributed by atoms with van der Waals surface area (Å²) in [5.74, 6) is 0. The van der Waals surface area contributed by atoms with Crippen molar-refractivity contribution in [3.8, 4) is 0 Å². The average Bonchev–Trinajstić information content (AvgIpc) is 2.32. The first-order valence-corrected chi connectivity index (χ1v) is 4.44. The molecule has 11 heavy (non-hydrogen) atoms. The van der Waals surface area contributed by atoms with Crippen LogP contribution < -0.4 is 5.32 Å². The molecule has 0 aliphatic carbocycles. The van der Waals surface area contributed by atoms with Crippen molar-refractivity contribution >= 4 is 0 Å². The monoisotopic (exact) mass is 157 g/mol. The lowest BCUT2D eigenvalue weighted by Crippen LogP contribution is -2.40. The minimum atomic E-state index is 0.228. The van der Waals surface area contributed by atoms with Crippen LogP contribution in [-0.4, -0.2) is 24.8 Å². The van der Waals surface area contributed by atoms with E-state index in [0.717, 1.165) is 13.2 Å². The molecule has 0 aromatic heterocycles. The molecular weight excluding hydrogens is 138 g/mol. The van der Waals surface area contributed by atoms with Gasteiger partial charge in [-0.1, -0.05) is 0 Å². The van der Waals surface area contributed by atoms with Gasteiger partial charge in [0, 0.05) is 18.7 Å². The Morgan fingerprint density at radius 3 is 2.64 bits per heavy atom. The summed E-state index contributed by atoms with van der Waals surface area (Å²) in [6.45, 7) is 8.51. The van der Waals surface area contributed by atoms with Crippen LogP contribution in [0.4, 0.5) is 0 Å². The molecule has 66 valence electrons. The number of hydrogen-bond acceptors (Lipinski definition) is 2. The minimum absolute atomic E-state index is 0.228. The second kappa shape index (κ2) is 3.55. The molecule has 0 spiro atoms. The highest BCUT2D eigenvalue weighted by Gasteiger charge is 2.17. The summed E-state index contributed by atoms with van der Waals surface area (Å²) in [6, 6.07) is 0. The van der Waals surface area contributed by atoms with Gasteiger partial charge in [-0.2, -0.15) is 0 Å². The van der Waals surface area contributed by atoms with Gasteiger partial charge in [0.1, 0.15) is 0 Å². The van der Waals surface area contributed by atoms with Crippen LogP contribution in [0.1, 0.15) is 33.6 Å². The lowest BCUT2D eigenvalue weighted by Gasteiger charge is -2.22. The third kappa shape index (κ3) is 3.73. The molecule has 2 nitrogen and oxygen atoms in total. The maximum Gasteiger partial charge on any atom is 0.0700 e. The van der Waals surface area contributed by atoms with E-state index in [-0.39, 0.29) is 5.54 Å². The Morgan fingerprint density at radius 2 is 2.18 bits per heavy atom. The molecule has 1 rings (SSSR count). The highest BCUT2D eigenvalue weighted by molar-refractivity contribution is 4.75. The lowest BCUT2D eigenvalue weighted by atomic mass is 10.1. The highest BCUT2D eigenvalue weighted by Crippen LogP contribution is 2.11. The van der Waals surface area contributed by atoms with Crippen molar-refractivity contribution in [2.45, 2.75) is 45.3 Å². The zero-order valence-corrected chi connectivity index (χ0v) is 7.81. The fourth-order valence-electron chi connectivity index (χ4n) is 1.23. The van der Waals surface area contributed by atoms with Gasteiger partial charge in [0.05, 0.1) is 6.10 Å². The van der Waals surface area contributed by atoms with Gasteiger partial charge in [-0.15, -0.1) is 0 Å². The molecule has 1 aliphatic heterocycles. The normalized spacial score (nSPS) is 25.9. The zero-order chi connectivity index (χ0) is 8.32. The lowest BCUT2D eigenvalue weighted by molar-refractivity contribution is 0.104. The molecule has 2 heteroatoms. The Morgan fingerprint density at radius 1 is 1.45 bits per heavy atom. The molecule has 0 aromatic rings. The average molecular weight is 157 g/mol. The SMILES string of the molecule is CC(C)(C)NC[C@H]1CCCO1. The van der Waals surface area contributed by atoms with Crippen LogP contribution in [0.5, 0.6) is 0 Å². The van der Waals surface area contributed by atoms with E-state index in [1.54, 1.807) is 0 Å². The molecule has 0 amide bonds. The van der Waals surface area contributed by atoms with Crippen LogP contribution >= 0.6 is 0 Å². The quantitative estimate of drug-likeness (QED) is 0.656. The summed E-state index contributed by atoms with van der Waals surface area (Å²) in [5, 5.41) is 3.44. The number of nitrogens with one attached hydrogen (secondary N) is 1. The summed E-state index contributed by atoms with van der Waals surface area (Å²) in [7, 11) is 0. The van der Waals surface area contributed by atoms with Crippen LogP contribution in [0.25, 0.3) is 0 Å². The minimum Gasteiger partial charge on any atom is -0.377 e. The number of hydrogen-bond donors (Lipinski definition) is 1. The topological polar surface area (TPSA) is 21.3 Å². The second-order valence-electron chi connectivity index (χ2n) is 4.27. The summed E-state index contributed by atoms with van der Waals surface area (Å²) in [4.78, 5) is 0. The third-order valence-corrected chi connectivity index (χ3v) is 1.88. The zero-order valence-electron chi connectivity index (χ0n) is 7.81. The first kappa shape index (κ1) is 9.01. The maximum atomic E-state index is 5.49. The molecule has 1 aliphatic rings. The van der Waals surface area contributed by atoms with Crippen molar-refractivity contribution in [1.82, 2.24) is 5.32 Å². The second-order valence-corrected chi connectivity index (χ2v) is 4.27. The van der Waals surface area contributed by atoms with Crippen LogP contribution in [0.15, 0.2) is 0 Å². The van der Waals surface area contributed by atoms with Gasteiger partial charge in [-0.25, -0.2) is 0 Å². The molecule has 0 radical (unpaired) electrons. The molecule has 0 saturated carbocycles. The van der Waals surface area contributed by atoms with Gasteiger partial charge in [0.25, 0.3) is 0 Å². The Kier molecular flexibility index (Phi) is 2.90. The van der Waals surface area contributed by atoms with Gasteiger partial charge in [-0.05, 0) is 33.6 Å². The standard InChI is InChI=1S/C9H19NO/c1-9(2,3)10-7-8-5-4-6-11-8/h8,10H,4-7H2,1-3H3/t8-/m1/s1. The third-order valence-electron chi connectivity index (χ3n) is 1.88. The van der Waals surface area contributed by atoms with Crippen molar-refractivity contribution in [3.63, 3.8) is 0 Å². The van der Waals surface area contributed by atoms with E-state index in [2.05, 4.69) is 26.1 Å². The Labute approximate surface area is 69.3 Å². The Hall–Kier alpha value is -0.0800. The van der Waals surface area contributed by atoms with Gasteiger partial charge in [-0.3, -0.25) is 0 Å². The molecule has 1 fully saturated rings. The van der Waals surface area contributed by atoms with Gasteiger partial charge < -0.3 is 10.1 Å². The van der Waals surface area contributed by atoms with E-state index in [1.807, 2.05) is 0 Å². The molecule has 1 atom stereocenters. The van der Waals surface area contributed by atoms with E-state index < -0.39 is 0 Å². The predicted octanol–water partition coefficient (Wildman–Crippen LogP) is 1.55. The Balaban J connectivity index is 2.11. The van der Waals surface area contributed by atoms with Crippen molar-refractivity contribution in [1.29, 1.82) is 0 Å². The van der Waals surface area contributed by atoms with Crippen molar-refractivity contribution in [2.24, 2.45) is 0 Å². The van der Waals surface area contributed by atoms with E-state index >= 15 is 0 Å². The van der Waals surface area contributed by atoms with Crippen LogP contribution in [0.2, 0.25) is 0 Å². The summed E-state index contributed by atoms with van der Waals surface area (Å²) < 4.78 is 5.49. The fraction of sp³-hybridized carbons (Fsp3) is 1.00. The van der Waals surface area contributed by atoms with Crippen LogP contribution in [0, 0.1) is 0 Å². The molecule has 1 N–H and O–H groups in total. The van der Waals surface area contributed by atoms with E-state index in [0.29, 0.717) is 6.10 Å².